The van der Waals surface area contributed by atoms with E-state index < -0.39 is 10.0 Å². The van der Waals surface area contributed by atoms with Crippen molar-refractivity contribution in [3.05, 3.63) is 52.1 Å². The minimum absolute atomic E-state index is 0.207. The maximum atomic E-state index is 12.5. The van der Waals surface area contributed by atoms with E-state index in [1.807, 2.05) is 20.0 Å². The number of hydrogen-bond acceptors (Lipinski definition) is 4. The van der Waals surface area contributed by atoms with E-state index in [1.165, 1.54) is 6.20 Å². The van der Waals surface area contributed by atoms with Crippen LogP contribution in [0.25, 0.3) is 0 Å². The van der Waals surface area contributed by atoms with Gasteiger partial charge in [0.05, 0.1) is 0 Å². The molecule has 2 aromatic rings. The molecule has 0 aliphatic heterocycles. The molecular weight excluding hydrogens is 354 g/mol. The monoisotopic (exact) mass is 369 g/mol. The normalized spacial score (nSPS) is 11.4. The molecule has 21 heavy (non-hydrogen) atoms. The summed E-state index contributed by atoms with van der Waals surface area (Å²) in [4.78, 5) is 4.19. The molecule has 0 spiro atoms. The lowest BCUT2D eigenvalue weighted by Gasteiger charge is -2.13. The maximum absolute atomic E-state index is 12.5. The number of hydrogen-bond donors (Lipinski definition) is 2. The Morgan fingerprint density at radius 2 is 2.05 bits per heavy atom. The van der Waals surface area contributed by atoms with Crippen LogP contribution in [-0.2, 0) is 16.6 Å². The van der Waals surface area contributed by atoms with Crippen molar-refractivity contribution < 1.29 is 8.42 Å². The molecule has 0 fully saturated rings. The second-order valence-electron chi connectivity index (χ2n) is 4.58. The SMILES string of the molecule is CNCc1cc(C)c(Br)c(S(=O)(=O)Nc2ccccn2)c1. The number of nitrogens with one attached hydrogen (secondary N) is 2. The molecule has 1 aromatic heterocycles. The summed E-state index contributed by atoms with van der Waals surface area (Å²) in [6.07, 6.45) is 1.54. The minimum Gasteiger partial charge on any atom is -0.316 e. The Morgan fingerprint density at radius 3 is 2.67 bits per heavy atom. The first-order chi connectivity index (χ1) is 9.94. The predicted octanol–water partition coefficient (Wildman–Crippen LogP) is 2.67. The third-order valence-corrected chi connectivity index (χ3v) is 5.55. The number of benzene rings is 1. The zero-order valence-corrected chi connectivity index (χ0v) is 14.1. The van der Waals surface area contributed by atoms with Crippen LogP contribution in [0.15, 0.2) is 45.9 Å². The number of sulfonamides is 1. The van der Waals surface area contributed by atoms with Gasteiger partial charge in [-0.25, -0.2) is 13.4 Å². The third-order valence-electron chi connectivity index (χ3n) is 2.86. The maximum Gasteiger partial charge on any atom is 0.264 e. The van der Waals surface area contributed by atoms with Gasteiger partial charge >= 0.3 is 0 Å². The molecule has 7 heteroatoms. The van der Waals surface area contributed by atoms with Gasteiger partial charge in [-0.3, -0.25) is 4.72 Å². The highest BCUT2D eigenvalue weighted by atomic mass is 79.9. The van der Waals surface area contributed by atoms with Crippen LogP contribution >= 0.6 is 15.9 Å². The van der Waals surface area contributed by atoms with Crippen LogP contribution < -0.4 is 10.0 Å². The summed E-state index contributed by atoms with van der Waals surface area (Å²) >= 11 is 3.35. The Kier molecular flexibility index (Phi) is 4.97. The van der Waals surface area contributed by atoms with Gasteiger partial charge in [-0.15, -0.1) is 0 Å². The lowest BCUT2D eigenvalue weighted by molar-refractivity contribution is 0.600. The summed E-state index contributed by atoms with van der Waals surface area (Å²) in [5.74, 6) is 0.293. The smallest absolute Gasteiger partial charge is 0.264 e. The first kappa shape index (κ1) is 15.9. The zero-order chi connectivity index (χ0) is 15.5. The average Bonchev–Trinajstić information content (AvgIpc) is 2.43. The zero-order valence-electron chi connectivity index (χ0n) is 11.7. The molecule has 0 amide bonds. The van der Waals surface area contributed by atoms with Crippen molar-refractivity contribution in [3.63, 3.8) is 0 Å². The summed E-state index contributed by atoms with van der Waals surface area (Å²) in [7, 11) is -1.88. The second kappa shape index (κ2) is 6.55. The van der Waals surface area contributed by atoms with Crippen LogP contribution in [0.5, 0.6) is 0 Å². The van der Waals surface area contributed by atoms with Gasteiger partial charge in [0.1, 0.15) is 10.7 Å². The molecule has 1 aromatic carbocycles. The molecule has 112 valence electrons. The molecule has 2 rings (SSSR count). The van der Waals surface area contributed by atoms with Crippen molar-refractivity contribution in [1.82, 2.24) is 10.3 Å². The molecule has 2 N–H and O–H groups in total. The first-order valence-electron chi connectivity index (χ1n) is 6.31. The quantitative estimate of drug-likeness (QED) is 0.849. The highest BCUT2D eigenvalue weighted by Crippen LogP contribution is 2.28. The topological polar surface area (TPSA) is 71.1 Å². The van der Waals surface area contributed by atoms with Gasteiger partial charge < -0.3 is 5.32 Å². The van der Waals surface area contributed by atoms with Gasteiger partial charge in [0, 0.05) is 17.2 Å². The lowest BCUT2D eigenvalue weighted by Crippen LogP contribution is -2.16. The van der Waals surface area contributed by atoms with Gasteiger partial charge in [-0.2, -0.15) is 0 Å². The molecular formula is C14H16BrN3O2S. The van der Waals surface area contributed by atoms with Gasteiger partial charge in [0.2, 0.25) is 0 Å². The molecule has 5 nitrogen and oxygen atoms in total. The minimum atomic E-state index is -3.69. The highest BCUT2D eigenvalue weighted by Gasteiger charge is 2.20. The summed E-state index contributed by atoms with van der Waals surface area (Å²) < 4.78 is 28.1. The number of aryl methyl sites for hydroxylation is 1. The van der Waals surface area contributed by atoms with Gasteiger partial charge in [0.15, 0.2) is 0 Å². The van der Waals surface area contributed by atoms with Crippen molar-refractivity contribution in [2.24, 2.45) is 0 Å². The number of anilines is 1. The highest BCUT2D eigenvalue weighted by molar-refractivity contribution is 9.10. The van der Waals surface area contributed by atoms with Gasteiger partial charge in [-0.05, 0) is 59.2 Å². The van der Waals surface area contributed by atoms with Crippen molar-refractivity contribution >= 4 is 31.8 Å². The van der Waals surface area contributed by atoms with E-state index in [-0.39, 0.29) is 4.90 Å². The number of pyridine rings is 1. The lowest BCUT2D eigenvalue weighted by atomic mass is 10.1. The Hall–Kier alpha value is -1.44. The van der Waals surface area contributed by atoms with Crippen LogP contribution in [0.2, 0.25) is 0 Å². The summed E-state index contributed by atoms with van der Waals surface area (Å²) in [5, 5.41) is 3.02. The average molecular weight is 370 g/mol. The molecule has 0 saturated heterocycles. The van der Waals surface area contributed by atoms with E-state index in [4.69, 9.17) is 0 Å². The number of rotatable bonds is 5. The van der Waals surface area contributed by atoms with Gasteiger partial charge in [0.25, 0.3) is 10.0 Å². The molecule has 0 saturated carbocycles. The van der Waals surface area contributed by atoms with Crippen molar-refractivity contribution in [2.75, 3.05) is 11.8 Å². The predicted molar refractivity (Wildman–Crippen MR) is 86.7 cm³/mol. The molecule has 0 bridgehead atoms. The first-order valence-corrected chi connectivity index (χ1v) is 8.59. The van der Waals surface area contributed by atoms with E-state index in [2.05, 4.69) is 31.0 Å². The largest absolute Gasteiger partial charge is 0.316 e. The fraction of sp³-hybridized carbons (Fsp3) is 0.214. The molecule has 1 heterocycles. The Bertz CT molecular complexity index is 733. The Balaban J connectivity index is 2.44. The van der Waals surface area contributed by atoms with Gasteiger partial charge in [-0.1, -0.05) is 12.1 Å². The molecule has 0 aliphatic rings. The molecule has 0 atom stereocenters. The van der Waals surface area contributed by atoms with E-state index in [9.17, 15) is 8.42 Å². The van der Waals surface area contributed by atoms with Crippen LogP contribution in [-0.4, -0.2) is 20.4 Å². The summed E-state index contributed by atoms with van der Waals surface area (Å²) in [5.41, 5.74) is 1.77. The van der Waals surface area contributed by atoms with Crippen molar-refractivity contribution in [3.8, 4) is 0 Å². The Labute approximate surface area is 133 Å². The van der Waals surface area contributed by atoms with Crippen molar-refractivity contribution in [2.45, 2.75) is 18.4 Å². The van der Waals surface area contributed by atoms with Crippen molar-refractivity contribution in [1.29, 1.82) is 0 Å². The standard InChI is InChI=1S/C14H16BrN3O2S/c1-10-7-11(9-16-2)8-12(14(10)15)21(19,20)18-13-5-3-4-6-17-13/h3-8,16H,9H2,1-2H3,(H,17,18). The summed E-state index contributed by atoms with van der Waals surface area (Å²) in [6, 6.07) is 8.66. The molecule has 0 unspecified atom stereocenters. The summed E-state index contributed by atoms with van der Waals surface area (Å²) in [6.45, 7) is 2.46. The fourth-order valence-corrected chi connectivity index (χ4v) is 4.00. The van der Waals surface area contributed by atoms with Crippen LogP contribution in [0.1, 0.15) is 11.1 Å². The van der Waals surface area contributed by atoms with E-state index in [0.29, 0.717) is 16.8 Å². The number of nitrogens with zero attached hydrogens (tertiary/aromatic N) is 1. The van der Waals surface area contributed by atoms with E-state index in [0.717, 1.165) is 11.1 Å². The third kappa shape index (κ3) is 3.81. The second-order valence-corrected chi connectivity index (χ2v) is 7.02. The molecule has 0 radical (unpaired) electrons. The van der Waals surface area contributed by atoms with Crippen LogP contribution in [0.3, 0.4) is 0 Å². The number of halogens is 1. The van der Waals surface area contributed by atoms with Crippen LogP contribution in [0, 0.1) is 6.92 Å². The Morgan fingerprint density at radius 1 is 1.29 bits per heavy atom. The van der Waals surface area contributed by atoms with E-state index >= 15 is 0 Å². The fourth-order valence-electron chi connectivity index (χ4n) is 1.93. The van der Waals surface area contributed by atoms with Crippen LogP contribution in [0.4, 0.5) is 5.82 Å². The van der Waals surface area contributed by atoms with E-state index in [1.54, 1.807) is 24.3 Å². The molecule has 0 aliphatic carbocycles. The number of aromatic nitrogens is 1.